The van der Waals surface area contributed by atoms with E-state index in [1.165, 1.54) is 24.3 Å². The molecule has 0 bridgehead atoms. The van der Waals surface area contributed by atoms with E-state index in [-0.39, 0.29) is 5.84 Å². The highest BCUT2D eigenvalue weighted by Gasteiger charge is 2.39. The highest BCUT2D eigenvalue weighted by Crippen LogP contribution is 2.21. The molecule has 0 unspecified atom stereocenters. The summed E-state index contributed by atoms with van der Waals surface area (Å²) in [5.74, 6) is -2.09. The molecular formula is C12H14F3N3O2. The first-order valence-corrected chi connectivity index (χ1v) is 5.75. The number of carbonyl (C=O) groups is 1. The van der Waals surface area contributed by atoms with Crippen molar-refractivity contribution in [3.63, 3.8) is 0 Å². The Morgan fingerprint density at radius 3 is 2.35 bits per heavy atom. The van der Waals surface area contributed by atoms with Gasteiger partial charge in [0.2, 0.25) is 0 Å². The Balaban J connectivity index is 2.88. The lowest BCUT2D eigenvalue weighted by Gasteiger charge is -2.18. The predicted molar refractivity (Wildman–Crippen MR) is 66.2 cm³/mol. The van der Waals surface area contributed by atoms with E-state index in [0.29, 0.717) is 17.5 Å². The van der Waals surface area contributed by atoms with Crippen LogP contribution in [-0.4, -0.2) is 23.1 Å². The zero-order valence-electron chi connectivity index (χ0n) is 10.6. The Morgan fingerprint density at radius 2 is 1.95 bits per heavy atom. The van der Waals surface area contributed by atoms with Crippen LogP contribution in [0.5, 0.6) is 0 Å². The third kappa shape index (κ3) is 3.87. The first-order valence-electron chi connectivity index (χ1n) is 5.75. The highest BCUT2D eigenvalue weighted by atomic mass is 19.4. The molecule has 1 aromatic carbocycles. The van der Waals surface area contributed by atoms with Gasteiger partial charge >= 0.3 is 12.1 Å². The average molecular weight is 289 g/mol. The van der Waals surface area contributed by atoms with Crippen LogP contribution < -0.4 is 11.1 Å². The first-order chi connectivity index (χ1) is 9.29. The number of nitrogens with one attached hydrogen (secondary N) is 1. The number of nitrogens with zero attached hydrogens (tertiary/aromatic N) is 1. The largest absolute Gasteiger partial charge is 0.471 e. The Hall–Kier alpha value is -2.25. The van der Waals surface area contributed by atoms with Gasteiger partial charge in [0.1, 0.15) is 0 Å². The van der Waals surface area contributed by atoms with Crippen LogP contribution in [0.4, 0.5) is 13.2 Å². The van der Waals surface area contributed by atoms with Crippen LogP contribution in [0.2, 0.25) is 0 Å². The van der Waals surface area contributed by atoms with Gasteiger partial charge in [0.05, 0.1) is 6.04 Å². The van der Waals surface area contributed by atoms with Crippen molar-refractivity contribution in [3.8, 4) is 0 Å². The maximum Gasteiger partial charge on any atom is 0.471 e. The number of hydrogen-bond acceptors (Lipinski definition) is 3. The van der Waals surface area contributed by atoms with E-state index in [1.807, 2.05) is 5.32 Å². The molecule has 4 N–H and O–H groups in total. The molecule has 0 saturated heterocycles. The summed E-state index contributed by atoms with van der Waals surface area (Å²) in [5.41, 5.74) is 6.30. The van der Waals surface area contributed by atoms with Gasteiger partial charge in [-0.3, -0.25) is 4.79 Å². The molecular weight excluding hydrogens is 275 g/mol. The lowest BCUT2D eigenvalue weighted by molar-refractivity contribution is -0.174. The van der Waals surface area contributed by atoms with Gasteiger partial charge in [-0.15, -0.1) is 0 Å². The Kier molecular flexibility index (Phi) is 4.95. The first kappa shape index (κ1) is 15.8. The second-order valence-corrected chi connectivity index (χ2v) is 4.04. The number of halogens is 3. The fourth-order valence-corrected chi connectivity index (χ4v) is 1.61. The topological polar surface area (TPSA) is 87.7 Å². The SMILES string of the molecule is CC[C@H](NC(=O)C(F)(F)F)c1ccc(C(N)=NO)cc1. The molecule has 5 nitrogen and oxygen atoms in total. The molecule has 0 spiro atoms. The molecule has 0 heterocycles. The van der Waals surface area contributed by atoms with E-state index in [0.717, 1.165) is 0 Å². The van der Waals surface area contributed by atoms with Crippen molar-refractivity contribution in [1.29, 1.82) is 0 Å². The summed E-state index contributed by atoms with van der Waals surface area (Å²) in [6.07, 6.45) is -4.62. The van der Waals surface area contributed by atoms with E-state index in [9.17, 15) is 18.0 Å². The van der Waals surface area contributed by atoms with Crippen LogP contribution >= 0.6 is 0 Å². The molecule has 8 heteroatoms. The summed E-state index contributed by atoms with van der Waals surface area (Å²) >= 11 is 0. The van der Waals surface area contributed by atoms with Crippen molar-refractivity contribution >= 4 is 11.7 Å². The summed E-state index contributed by atoms with van der Waals surface area (Å²) < 4.78 is 36.6. The molecule has 0 aliphatic heterocycles. The van der Waals surface area contributed by atoms with Crippen LogP contribution in [0.25, 0.3) is 0 Å². The Bertz CT molecular complexity index is 498. The van der Waals surface area contributed by atoms with Crippen molar-refractivity contribution in [2.24, 2.45) is 10.9 Å². The van der Waals surface area contributed by atoms with Crippen LogP contribution in [-0.2, 0) is 4.79 Å². The number of nitrogens with two attached hydrogens (primary N) is 1. The fourth-order valence-electron chi connectivity index (χ4n) is 1.61. The smallest absolute Gasteiger partial charge is 0.409 e. The molecule has 1 rings (SSSR count). The van der Waals surface area contributed by atoms with E-state index in [1.54, 1.807) is 6.92 Å². The molecule has 20 heavy (non-hydrogen) atoms. The summed E-state index contributed by atoms with van der Waals surface area (Å²) in [5, 5.41) is 13.2. The van der Waals surface area contributed by atoms with E-state index in [4.69, 9.17) is 10.9 Å². The van der Waals surface area contributed by atoms with Crippen LogP contribution in [0.15, 0.2) is 29.4 Å². The molecule has 0 saturated carbocycles. The Morgan fingerprint density at radius 1 is 1.40 bits per heavy atom. The zero-order chi connectivity index (χ0) is 15.3. The monoisotopic (exact) mass is 289 g/mol. The van der Waals surface area contributed by atoms with Crippen LogP contribution in [0.1, 0.15) is 30.5 Å². The van der Waals surface area contributed by atoms with Crippen molar-refractivity contribution in [1.82, 2.24) is 5.32 Å². The number of rotatable bonds is 4. The number of amidine groups is 1. The fraction of sp³-hybridized carbons (Fsp3) is 0.333. The van der Waals surface area contributed by atoms with Gasteiger partial charge in [0.25, 0.3) is 0 Å². The number of alkyl halides is 3. The lowest BCUT2D eigenvalue weighted by atomic mass is 10.0. The number of oxime groups is 1. The van der Waals surface area contributed by atoms with Gasteiger partial charge in [-0.25, -0.2) is 0 Å². The molecule has 110 valence electrons. The number of benzene rings is 1. The van der Waals surface area contributed by atoms with Crippen LogP contribution in [0.3, 0.4) is 0 Å². The van der Waals surface area contributed by atoms with Gasteiger partial charge in [-0.05, 0) is 12.0 Å². The average Bonchev–Trinajstić information content (AvgIpc) is 2.42. The number of hydrogen-bond donors (Lipinski definition) is 3. The van der Waals surface area contributed by atoms with Gasteiger partial charge in [0.15, 0.2) is 5.84 Å². The summed E-state index contributed by atoms with van der Waals surface area (Å²) in [6, 6.07) is 5.25. The van der Waals surface area contributed by atoms with Gasteiger partial charge in [-0.1, -0.05) is 36.3 Å². The third-order valence-corrected chi connectivity index (χ3v) is 2.69. The van der Waals surface area contributed by atoms with Crippen molar-refractivity contribution in [2.45, 2.75) is 25.6 Å². The maximum atomic E-state index is 12.2. The summed E-state index contributed by atoms with van der Waals surface area (Å²) in [6.45, 7) is 1.65. The highest BCUT2D eigenvalue weighted by molar-refractivity contribution is 5.97. The maximum absolute atomic E-state index is 12.2. The van der Waals surface area contributed by atoms with E-state index >= 15 is 0 Å². The molecule has 0 fully saturated rings. The lowest BCUT2D eigenvalue weighted by Crippen LogP contribution is -2.39. The minimum atomic E-state index is -4.92. The molecule has 1 aromatic rings. The Labute approximate surface area is 113 Å². The van der Waals surface area contributed by atoms with Gasteiger partial charge < -0.3 is 16.3 Å². The minimum Gasteiger partial charge on any atom is -0.409 e. The zero-order valence-corrected chi connectivity index (χ0v) is 10.6. The molecule has 1 amide bonds. The predicted octanol–water partition coefficient (Wildman–Crippen LogP) is 1.91. The molecule has 0 radical (unpaired) electrons. The second kappa shape index (κ2) is 6.27. The van der Waals surface area contributed by atoms with Crippen molar-refractivity contribution in [2.75, 3.05) is 0 Å². The van der Waals surface area contributed by atoms with Gasteiger partial charge in [-0.2, -0.15) is 13.2 Å². The second-order valence-electron chi connectivity index (χ2n) is 4.04. The van der Waals surface area contributed by atoms with E-state index in [2.05, 4.69) is 5.16 Å². The molecule has 0 aliphatic carbocycles. The normalized spacial score (nSPS) is 13.9. The number of carbonyl (C=O) groups excluding carboxylic acids is 1. The summed E-state index contributed by atoms with van der Waals surface area (Å²) in [4.78, 5) is 10.9. The minimum absolute atomic E-state index is 0.107. The molecule has 1 atom stereocenters. The third-order valence-electron chi connectivity index (χ3n) is 2.69. The van der Waals surface area contributed by atoms with Crippen molar-refractivity contribution in [3.05, 3.63) is 35.4 Å². The van der Waals surface area contributed by atoms with Crippen molar-refractivity contribution < 1.29 is 23.2 Å². The summed E-state index contributed by atoms with van der Waals surface area (Å²) in [7, 11) is 0. The standard InChI is InChI=1S/C12H14F3N3O2/c1-2-9(17-11(19)12(13,14)15)7-3-5-8(6-4-7)10(16)18-20/h3-6,9,20H,2H2,1H3,(H2,16,18)(H,17,19)/t9-/m0/s1. The van der Waals surface area contributed by atoms with Crippen LogP contribution in [0, 0.1) is 0 Å². The quantitative estimate of drug-likeness (QED) is 0.342. The van der Waals surface area contributed by atoms with Gasteiger partial charge in [0, 0.05) is 5.56 Å². The van der Waals surface area contributed by atoms with E-state index < -0.39 is 18.1 Å². The molecule has 0 aliphatic rings. The molecule has 0 aromatic heterocycles. The number of amides is 1.